The fourth-order valence-electron chi connectivity index (χ4n) is 5.22. The number of aliphatic hydroxyl groups excluding tert-OH is 1. The third-order valence-corrected chi connectivity index (χ3v) is 7.51. The zero-order valence-corrected chi connectivity index (χ0v) is 18.7. The summed E-state index contributed by atoms with van der Waals surface area (Å²) >= 11 is 12.6. The predicted molar refractivity (Wildman–Crippen MR) is 115 cm³/mol. The molecular formula is C22H29Cl2FN2O3. The van der Waals surface area contributed by atoms with Crippen LogP contribution >= 0.6 is 23.2 Å². The van der Waals surface area contributed by atoms with Gasteiger partial charge >= 0.3 is 0 Å². The van der Waals surface area contributed by atoms with Gasteiger partial charge in [-0.2, -0.15) is 0 Å². The molecule has 0 aromatic heterocycles. The summed E-state index contributed by atoms with van der Waals surface area (Å²) in [4.78, 5) is 24.5. The standard InChI is InChI=1S/C22H29Cl2FN2O3/c1-13(29)26-15-5-4-14(12-15)21(30)27-20(22(10-11-28)8-2-3-9-22)18-17(25)7-6-16(23)19(18)24/h6-7,14-15,20,28H,2-5,8-12H2,1H3,(H,26,29)(H,27,30)/t14-,15-,20-/m1/s1. The van der Waals surface area contributed by atoms with E-state index in [1.165, 1.54) is 19.1 Å². The fraction of sp³-hybridized carbons (Fsp3) is 0.636. The Bertz CT molecular complexity index is 799. The second kappa shape index (κ2) is 9.84. The van der Waals surface area contributed by atoms with E-state index in [1.807, 2.05) is 0 Å². The molecule has 166 valence electrons. The van der Waals surface area contributed by atoms with Crippen LogP contribution in [0.4, 0.5) is 4.39 Å². The van der Waals surface area contributed by atoms with Crippen LogP contribution in [0.1, 0.15) is 69.9 Å². The minimum Gasteiger partial charge on any atom is -0.396 e. The average molecular weight is 459 g/mol. The largest absolute Gasteiger partial charge is 0.396 e. The Hall–Kier alpha value is -1.37. The lowest BCUT2D eigenvalue weighted by Crippen LogP contribution is -2.43. The second-order valence-corrected chi connectivity index (χ2v) is 9.43. The molecule has 0 unspecified atom stereocenters. The quantitative estimate of drug-likeness (QED) is 0.524. The smallest absolute Gasteiger partial charge is 0.223 e. The van der Waals surface area contributed by atoms with Gasteiger partial charge in [-0.3, -0.25) is 9.59 Å². The topological polar surface area (TPSA) is 78.4 Å². The van der Waals surface area contributed by atoms with Gasteiger partial charge in [0, 0.05) is 31.1 Å². The maximum atomic E-state index is 15.0. The van der Waals surface area contributed by atoms with Crippen molar-refractivity contribution >= 4 is 35.0 Å². The molecule has 8 heteroatoms. The van der Waals surface area contributed by atoms with Crippen LogP contribution in [-0.4, -0.2) is 29.6 Å². The Kier molecular flexibility index (Phi) is 7.64. The SMILES string of the molecule is CC(=O)N[C@@H]1CC[C@@H](C(=O)N[C@H](c2c(F)ccc(Cl)c2Cl)C2(CCO)CCCC2)C1. The van der Waals surface area contributed by atoms with Crippen molar-refractivity contribution in [1.82, 2.24) is 10.6 Å². The van der Waals surface area contributed by atoms with Gasteiger partial charge in [-0.05, 0) is 56.1 Å². The lowest BCUT2D eigenvalue weighted by Gasteiger charge is -2.39. The van der Waals surface area contributed by atoms with Gasteiger partial charge in [0.2, 0.25) is 11.8 Å². The highest BCUT2D eigenvalue weighted by Gasteiger charge is 2.45. The van der Waals surface area contributed by atoms with Crippen molar-refractivity contribution in [2.24, 2.45) is 11.3 Å². The van der Waals surface area contributed by atoms with Crippen LogP contribution in [0.25, 0.3) is 0 Å². The van der Waals surface area contributed by atoms with Crippen molar-refractivity contribution < 1.29 is 19.1 Å². The van der Waals surface area contributed by atoms with Crippen LogP contribution in [0.5, 0.6) is 0 Å². The Morgan fingerprint density at radius 1 is 1.27 bits per heavy atom. The summed E-state index contributed by atoms with van der Waals surface area (Å²) in [6, 6.07) is 1.98. The maximum absolute atomic E-state index is 15.0. The highest BCUT2D eigenvalue weighted by Crippen LogP contribution is 2.52. The highest BCUT2D eigenvalue weighted by atomic mass is 35.5. The first-order valence-corrected chi connectivity index (χ1v) is 11.3. The first-order chi connectivity index (χ1) is 14.3. The molecule has 0 heterocycles. The number of halogens is 3. The third kappa shape index (κ3) is 4.92. The number of carbonyl (C=O) groups is 2. The van der Waals surface area contributed by atoms with Crippen molar-refractivity contribution in [2.45, 2.75) is 70.4 Å². The molecule has 2 amide bonds. The number of benzene rings is 1. The summed E-state index contributed by atoms with van der Waals surface area (Å²) in [5.41, 5.74) is -0.279. The number of aliphatic hydroxyl groups is 1. The Morgan fingerprint density at radius 3 is 2.60 bits per heavy atom. The molecule has 3 N–H and O–H groups in total. The van der Waals surface area contributed by atoms with E-state index in [-0.39, 0.29) is 46.0 Å². The van der Waals surface area contributed by atoms with Crippen LogP contribution in [0, 0.1) is 17.2 Å². The molecule has 30 heavy (non-hydrogen) atoms. The predicted octanol–water partition coefficient (Wildman–Crippen LogP) is 4.54. The summed E-state index contributed by atoms with van der Waals surface area (Å²) in [5, 5.41) is 16.0. The average Bonchev–Trinajstić information content (AvgIpc) is 3.34. The van der Waals surface area contributed by atoms with E-state index >= 15 is 0 Å². The molecule has 3 atom stereocenters. The minimum atomic E-state index is -0.675. The third-order valence-electron chi connectivity index (χ3n) is 6.69. The lowest BCUT2D eigenvalue weighted by atomic mass is 9.72. The molecule has 2 aliphatic rings. The molecule has 1 aromatic carbocycles. The summed E-state index contributed by atoms with van der Waals surface area (Å²) in [6.45, 7) is 1.41. The monoisotopic (exact) mass is 458 g/mol. The molecule has 1 aromatic rings. The Balaban J connectivity index is 1.90. The van der Waals surface area contributed by atoms with Crippen LogP contribution in [0.2, 0.25) is 10.0 Å². The molecular weight excluding hydrogens is 430 g/mol. The Morgan fingerprint density at radius 2 is 1.97 bits per heavy atom. The van der Waals surface area contributed by atoms with Crippen molar-refractivity contribution in [1.29, 1.82) is 0 Å². The van der Waals surface area contributed by atoms with E-state index in [2.05, 4.69) is 10.6 Å². The van der Waals surface area contributed by atoms with Crippen molar-refractivity contribution in [3.05, 3.63) is 33.6 Å². The summed E-state index contributed by atoms with van der Waals surface area (Å²) < 4.78 is 15.0. The van der Waals surface area contributed by atoms with Gasteiger partial charge in [-0.25, -0.2) is 4.39 Å². The molecule has 0 aliphatic heterocycles. The normalized spacial score (nSPS) is 23.9. The number of carbonyl (C=O) groups excluding carboxylic acids is 2. The van der Waals surface area contributed by atoms with E-state index in [0.717, 1.165) is 32.1 Å². The molecule has 2 fully saturated rings. The number of amides is 2. The fourth-order valence-corrected chi connectivity index (χ4v) is 5.65. The molecule has 0 saturated heterocycles. The molecule has 0 spiro atoms. The van der Waals surface area contributed by atoms with Crippen molar-refractivity contribution in [3.63, 3.8) is 0 Å². The van der Waals surface area contributed by atoms with Crippen molar-refractivity contribution in [3.8, 4) is 0 Å². The first kappa shape index (κ1) is 23.3. The number of hydrogen-bond acceptors (Lipinski definition) is 3. The highest BCUT2D eigenvalue weighted by molar-refractivity contribution is 6.42. The number of hydrogen-bond donors (Lipinski definition) is 3. The molecule has 2 saturated carbocycles. The van der Waals surface area contributed by atoms with E-state index in [9.17, 15) is 19.1 Å². The van der Waals surface area contributed by atoms with E-state index < -0.39 is 17.3 Å². The zero-order valence-electron chi connectivity index (χ0n) is 17.1. The van der Waals surface area contributed by atoms with Crippen LogP contribution in [-0.2, 0) is 9.59 Å². The van der Waals surface area contributed by atoms with E-state index in [4.69, 9.17) is 23.2 Å². The van der Waals surface area contributed by atoms with Crippen molar-refractivity contribution in [2.75, 3.05) is 6.61 Å². The van der Waals surface area contributed by atoms with Crippen LogP contribution < -0.4 is 10.6 Å². The molecule has 0 bridgehead atoms. The number of rotatable bonds is 7. The minimum absolute atomic E-state index is 0.0268. The molecule has 5 nitrogen and oxygen atoms in total. The van der Waals surface area contributed by atoms with Gasteiger partial charge in [0.15, 0.2) is 0 Å². The molecule has 2 aliphatic carbocycles. The lowest BCUT2D eigenvalue weighted by molar-refractivity contribution is -0.127. The maximum Gasteiger partial charge on any atom is 0.223 e. The first-order valence-electron chi connectivity index (χ1n) is 10.6. The van der Waals surface area contributed by atoms with Gasteiger partial charge in [-0.1, -0.05) is 36.0 Å². The second-order valence-electron chi connectivity index (χ2n) is 8.65. The van der Waals surface area contributed by atoms with Crippen LogP contribution in [0.3, 0.4) is 0 Å². The van der Waals surface area contributed by atoms with Gasteiger partial charge in [0.05, 0.1) is 16.1 Å². The Labute approximate surface area is 186 Å². The van der Waals surface area contributed by atoms with Gasteiger partial charge in [0.25, 0.3) is 0 Å². The molecule has 0 radical (unpaired) electrons. The van der Waals surface area contributed by atoms with Gasteiger partial charge in [0.1, 0.15) is 5.82 Å². The van der Waals surface area contributed by atoms with E-state index in [0.29, 0.717) is 19.3 Å². The van der Waals surface area contributed by atoms with Gasteiger partial charge < -0.3 is 15.7 Å². The van der Waals surface area contributed by atoms with Gasteiger partial charge in [-0.15, -0.1) is 0 Å². The summed E-state index contributed by atoms with van der Waals surface area (Å²) in [5.74, 6) is -1.06. The summed E-state index contributed by atoms with van der Waals surface area (Å²) in [7, 11) is 0. The summed E-state index contributed by atoms with van der Waals surface area (Å²) in [6.07, 6.45) is 5.80. The van der Waals surface area contributed by atoms with Crippen LogP contribution in [0.15, 0.2) is 12.1 Å². The molecule has 3 rings (SSSR count). The number of nitrogens with one attached hydrogen (secondary N) is 2. The van der Waals surface area contributed by atoms with E-state index in [1.54, 1.807) is 0 Å². The zero-order chi connectivity index (χ0) is 21.9.